The molecular formula is C14H18N4S2. The Bertz CT molecular complexity index is 647. The van der Waals surface area contributed by atoms with Gasteiger partial charge in [0.1, 0.15) is 10.8 Å². The first-order valence-corrected chi connectivity index (χ1v) is 7.67. The molecule has 2 aromatic heterocycles. The van der Waals surface area contributed by atoms with E-state index in [9.17, 15) is 0 Å². The van der Waals surface area contributed by atoms with Gasteiger partial charge in [-0.15, -0.1) is 11.3 Å². The Morgan fingerprint density at radius 2 is 2.05 bits per heavy atom. The number of nitrogens with zero attached hydrogens (tertiary/aromatic N) is 2. The molecule has 0 atom stereocenters. The van der Waals surface area contributed by atoms with E-state index in [0.29, 0.717) is 16.7 Å². The number of aromatic nitrogens is 2. The van der Waals surface area contributed by atoms with E-state index in [2.05, 4.69) is 34.5 Å². The number of nitrogens with two attached hydrogens (primary N) is 1. The fourth-order valence-corrected chi connectivity index (χ4v) is 3.08. The Labute approximate surface area is 128 Å². The van der Waals surface area contributed by atoms with Crippen molar-refractivity contribution in [1.29, 1.82) is 0 Å². The van der Waals surface area contributed by atoms with Crippen LogP contribution in [0.15, 0.2) is 11.4 Å². The second-order valence-corrected chi connectivity index (χ2v) is 6.32. The molecule has 0 aliphatic carbocycles. The minimum Gasteiger partial charge on any atom is -0.389 e. The van der Waals surface area contributed by atoms with Crippen molar-refractivity contribution in [1.82, 2.24) is 9.97 Å². The largest absolute Gasteiger partial charge is 0.389 e. The first-order chi connectivity index (χ1) is 9.38. The van der Waals surface area contributed by atoms with Gasteiger partial charge in [-0.3, -0.25) is 0 Å². The van der Waals surface area contributed by atoms with Crippen LogP contribution in [0, 0.1) is 13.8 Å². The van der Waals surface area contributed by atoms with Crippen molar-refractivity contribution in [2.45, 2.75) is 33.6 Å². The molecule has 0 unspecified atom stereocenters. The summed E-state index contributed by atoms with van der Waals surface area (Å²) in [5.74, 6) is 1.09. The number of pyridine rings is 1. The fourth-order valence-electron chi connectivity index (χ4n) is 1.95. The van der Waals surface area contributed by atoms with Gasteiger partial charge in [0.05, 0.1) is 11.3 Å². The molecule has 0 saturated heterocycles. The molecule has 4 nitrogen and oxygen atoms in total. The zero-order chi connectivity index (χ0) is 14.9. The van der Waals surface area contributed by atoms with Gasteiger partial charge in [-0.25, -0.2) is 9.97 Å². The third kappa shape index (κ3) is 3.13. The van der Waals surface area contributed by atoms with Gasteiger partial charge in [0.2, 0.25) is 0 Å². The summed E-state index contributed by atoms with van der Waals surface area (Å²) in [6.45, 7) is 8.17. The monoisotopic (exact) mass is 306 g/mol. The molecule has 2 rings (SSSR count). The number of hydrogen-bond donors (Lipinski definition) is 2. The molecule has 6 heteroatoms. The van der Waals surface area contributed by atoms with E-state index >= 15 is 0 Å². The lowest BCUT2D eigenvalue weighted by Crippen LogP contribution is -2.15. The average molecular weight is 306 g/mol. The number of thiocarbonyl (C=S) groups is 1. The minimum atomic E-state index is 0.345. The van der Waals surface area contributed by atoms with Crippen LogP contribution in [0.1, 0.15) is 42.3 Å². The highest BCUT2D eigenvalue weighted by atomic mass is 32.1. The summed E-state index contributed by atoms with van der Waals surface area (Å²) in [5, 5.41) is 6.10. The van der Waals surface area contributed by atoms with Crippen LogP contribution in [0.2, 0.25) is 0 Å². The number of hydrogen-bond acceptors (Lipinski definition) is 5. The molecule has 0 aliphatic heterocycles. The third-order valence-electron chi connectivity index (χ3n) is 2.93. The van der Waals surface area contributed by atoms with Gasteiger partial charge < -0.3 is 11.1 Å². The second kappa shape index (κ2) is 5.85. The Morgan fingerprint density at radius 1 is 1.35 bits per heavy atom. The SMILES string of the molecule is Cc1cc(C)c(C(N)=S)c(Nc2nc(C(C)C)cs2)n1. The van der Waals surface area contributed by atoms with Crippen LogP contribution in [0.4, 0.5) is 10.9 Å². The summed E-state index contributed by atoms with van der Waals surface area (Å²) in [6, 6.07) is 1.97. The summed E-state index contributed by atoms with van der Waals surface area (Å²) >= 11 is 6.68. The van der Waals surface area contributed by atoms with Crippen molar-refractivity contribution < 1.29 is 0 Å². The molecule has 3 N–H and O–H groups in total. The summed E-state index contributed by atoms with van der Waals surface area (Å²) in [5.41, 5.74) is 9.60. The molecule has 106 valence electrons. The quantitative estimate of drug-likeness (QED) is 0.844. The van der Waals surface area contributed by atoms with Crippen molar-refractivity contribution >= 4 is 39.5 Å². The first-order valence-electron chi connectivity index (χ1n) is 6.39. The lowest BCUT2D eigenvalue weighted by Gasteiger charge is -2.12. The van der Waals surface area contributed by atoms with Crippen LogP contribution in [-0.4, -0.2) is 15.0 Å². The van der Waals surface area contributed by atoms with Crippen molar-refractivity contribution in [2.24, 2.45) is 5.73 Å². The highest BCUT2D eigenvalue weighted by Crippen LogP contribution is 2.27. The molecule has 0 aliphatic rings. The first kappa shape index (κ1) is 14.9. The number of nitrogens with one attached hydrogen (secondary N) is 1. The van der Waals surface area contributed by atoms with E-state index in [0.717, 1.165) is 27.6 Å². The van der Waals surface area contributed by atoms with E-state index in [1.54, 1.807) is 11.3 Å². The van der Waals surface area contributed by atoms with Gasteiger partial charge in [0, 0.05) is 11.1 Å². The van der Waals surface area contributed by atoms with Crippen LogP contribution in [0.25, 0.3) is 0 Å². The van der Waals surface area contributed by atoms with Gasteiger partial charge in [-0.2, -0.15) is 0 Å². The van der Waals surface area contributed by atoms with Gasteiger partial charge >= 0.3 is 0 Å². The highest BCUT2D eigenvalue weighted by molar-refractivity contribution is 7.80. The average Bonchev–Trinajstić information content (AvgIpc) is 2.75. The van der Waals surface area contributed by atoms with Crippen LogP contribution in [0.5, 0.6) is 0 Å². The molecule has 2 heterocycles. The number of thiazole rings is 1. The maximum absolute atomic E-state index is 5.81. The smallest absolute Gasteiger partial charge is 0.188 e. The molecule has 0 amide bonds. The van der Waals surface area contributed by atoms with Crippen LogP contribution in [-0.2, 0) is 0 Å². The van der Waals surface area contributed by atoms with E-state index in [-0.39, 0.29) is 0 Å². The van der Waals surface area contributed by atoms with Crippen molar-refractivity contribution in [3.63, 3.8) is 0 Å². The van der Waals surface area contributed by atoms with Crippen molar-refractivity contribution in [2.75, 3.05) is 5.32 Å². The van der Waals surface area contributed by atoms with E-state index in [1.165, 1.54) is 0 Å². The Morgan fingerprint density at radius 3 is 2.60 bits per heavy atom. The van der Waals surface area contributed by atoms with Crippen LogP contribution >= 0.6 is 23.6 Å². The molecule has 0 fully saturated rings. The predicted octanol–water partition coefficient (Wildman–Crippen LogP) is 3.66. The molecule has 2 aromatic rings. The predicted molar refractivity (Wildman–Crippen MR) is 89.1 cm³/mol. The number of aryl methyl sites for hydroxylation is 2. The van der Waals surface area contributed by atoms with Crippen molar-refractivity contribution in [3.05, 3.63) is 34.0 Å². The van der Waals surface area contributed by atoms with Crippen LogP contribution < -0.4 is 11.1 Å². The minimum absolute atomic E-state index is 0.345. The maximum atomic E-state index is 5.81. The molecule has 20 heavy (non-hydrogen) atoms. The topological polar surface area (TPSA) is 63.8 Å². The van der Waals surface area contributed by atoms with Gasteiger partial charge in [-0.05, 0) is 31.4 Å². The molecule has 0 radical (unpaired) electrons. The molecular weight excluding hydrogens is 288 g/mol. The highest BCUT2D eigenvalue weighted by Gasteiger charge is 2.13. The van der Waals surface area contributed by atoms with Crippen molar-refractivity contribution in [3.8, 4) is 0 Å². The van der Waals surface area contributed by atoms with E-state index in [4.69, 9.17) is 18.0 Å². The van der Waals surface area contributed by atoms with E-state index < -0.39 is 0 Å². The van der Waals surface area contributed by atoms with Gasteiger partial charge in [0.25, 0.3) is 0 Å². The zero-order valence-corrected chi connectivity index (χ0v) is 13.7. The maximum Gasteiger partial charge on any atom is 0.188 e. The number of anilines is 2. The van der Waals surface area contributed by atoms with Crippen LogP contribution in [0.3, 0.4) is 0 Å². The van der Waals surface area contributed by atoms with Gasteiger partial charge in [-0.1, -0.05) is 26.1 Å². The summed E-state index contributed by atoms with van der Waals surface area (Å²) in [4.78, 5) is 9.39. The molecule has 0 aromatic carbocycles. The molecule has 0 spiro atoms. The Balaban J connectivity index is 2.39. The lowest BCUT2D eigenvalue weighted by molar-refractivity contribution is 0.834. The summed E-state index contributed by atoms with van der Waals surface area (Å²) in [6.07, 6.45) is 0. The second-order valence-electron chi connectivity index (χ2n) is 5.03. The molecule has 0 saturated carbocycles. The standard InChI is InChI=1S/C14H18N4S2/c1-7(2)10-6-20-14(17-10)18-13-11(12(15)19)8(3)5-9(4)16-13/h5-7H,1-4H3,(H2,15,19)(H,16,17,18). The normalized spacial score (nSPS) is 10.8. The lowest BCUT2D eigenvalue weighted by atomic mass is 10.1. The summed E-state index contributed by atoms with van der Waals surface area (Å²) < 4.78 is 0. The fraction of sp³-hybridized carbons (Fsp3) is 0.357. The summed E-state index contributed by atoms with van der Waals surface area (Å²) in [7, 11) is 0. The third-order valence-corrected chi connectivity index (χ3v) is 3.91. The number of rotatable bonds is 4. The zero-order valence-electron chi connectivity index (χ0n) is 12.0. The molecule has 0 bridgehead atoms. The van der Waals surface area contributed by atoms with Gasteiger partial charge in [0.15, 0.2) is 5.13 Å². The van der Waals surface area contributed by atoms with E-state index in [1.807, 2.05) is 19.9 Å². The Kier molecular flexibility index (Phi) is 4.35. The Hall–Kier alpha value is -1.53.